The first-order chi connectivity index (χ1) is 19.6. The smallest absolute Gasteiger partial charge is 0.255 e. The normalized spacial score (nSPS) is 15.8. The summed E-state index contributed by atoms with van der Waals surface area (Å²) in [6, 6.07) is 20.9. The van der Waals surface area contributed by atoms with Crippen molar-refractivity contribution in [1.29, 1.82) is 0 Å². The lowest BCUT2D eigenvalue weighted by Gasteiger charge is -2.38. The van der Waals surface area contributed by atoms with Gasteiger partial charge in [-0.3, -0.25) is 9.59 Å². The van der Waals surface area contributed by atoms with Crippen LogP contribution in [0.2, 0.25) is 0 Å². The molecule has 2 aliphatic rings. The van der Waals surface area contributed by atoms with Gasteiger partial charge in [-0.15, -0.1) is 0 Å². The summed E-state index contributed by atoms with van der Waals surface area (Å²) in [6.07, 6.45) is 5.51. The molecule has 2 amide bonds. The van der Waals surface area contributed by atoms with Crippen molar-refractivity contribution in [3.63, 3.8) is 0 Å². The topological polar surface area (TPSA) is 83.1 Å². The second kappa shape index (κ2) is 12.8. The third kappa shape index (κ3) is 6.33. The van der Waals surface area contributed by atoms with Crippen LogP contribution in [0.15, 0.2) is 66.7 Å². The molecular weight excluding hydrogens is 504 g/mol. The number of ether oxygens (including phenoxy) is 2. The van der Waals surface area contributed by atoms with Crippen molar-refractivity contribution in [2.24, 2.45) is 0 Å². The Morgan fingerprint density at radius 1 is 0.750 bits per heavy atom. The van der Waals surface area contributed by atoms with Crippen LogP contribution in [0.5, 0.6) is 11.5 Å². The Kier molecular flexibility index (Phi) is 8.74. The van der Waals surface area contributed by atoms with Gasteiger partial charge in [0.25, 0.3) is 11.8 Å². The maximum Gasteiger partial charge on any atom is 0.255 e. The molecule has 210 valence electrons. The zero-order valence-corrected chi connectivity index (χ0v) is 23.3. The van der Waals surface area contributed by atoms with Crippen molar-refractivity contribution >= 4 is 28.9 Å². The molecule has 3 aromatic rings. The first-order valence-corrected chi connectivity index (χ1v) is 14.1. The predicted octanol–water partition coefficient (Wildman–Crippen LogP) is 5.35. The zero-order valence-electron chi connectivity index (χ0n) is 23.3. The van der Waals surface area contributed by atoms with Gasteiger partial charge in [-0.25, -0.2) is 0 Å². The Morgan fingerprint density at radius 2 is 1.48 bits per heavy atom. The van der Waals surface area contributed by atoms with Crippen LogP contribution in [0.1, 0.15) is 52.8 Å². The average Bonchev–Trinajstić information content (AvgIpc) is 3.01. The summed E-state index contributed by atoms with van der Waals surface area (Å²) in [7, 11) is 3.27. The lowest BCUT2D eigenvalue weighted by atomic mass is 9.95. The number of piperazine rings is 1. The van der Waals surface area contributed by atoms with Gasteiger partial charge in [0.05, 0.1) is 25.5 Å². The molecule has 8 heteroatoms. The van der Waals surface area contributed by atoms with Crippen molar-refractivity contribution in [1.82, 2.24) is 5.32 Å². The molecule has 5 rings (SSSR count). The van der Waals surface area contributed by atoms with Crippen molar-refractivity contribution in [3.05, 3.63) is 77.9 Å². The van der Waals surface area contributed by atoms with Crippen LogP contribution in [0, 0.1) is 0 Å². The largest absolute Gasteiger partial charge is 0.497 e. The van der Waals surface area contributed by atoms with E-state index in [0.717, 1.165) is 69.0 Å². The van der Waals surface area contributed by atoms with E-state index in [1.165, 1.54) is 6.42 Å². The molecule has 0 spiro atoms. The number of benzene rings is 3. The Morgan fingerprint density at radius 3 is 2.20 bits per heavy atom. The highest BCUT2D eigenvalue weighted by molar-refractivity contribution is 6.06. The molecule has 0 aromatic heterocycles. The van der Waals surface area contributed by atoms with Gasteiger partial charge < -0.3 is 29.9 Å². The number of nitrogens with zero attached hydrogens (tertiary/aromatic N) is 2. The van der Waals surface area contributed by atoms with E-state index in [1.54, 1.807) is 44.6 Å². The molecular formula is C32H38N4O4. The number of carbonyl (C=O) groups is 2. The lowest BCUT2D eigenvalue weighted by molar-refractivity contribution is 0.0927. The minimum absolute atomic E-state index is 0.0912. The highest BCUT2D eigenvalue weighted by Gasteiger charge is 2.25. The van der Waals surface area contributed by atoms with Crippen LogP contribution < -0.4 is 29.9 Å². The van der Waals surface area contributed by atoms with Crippen LogP contribution >= 0.6 is 0 Å². The molecule has 3 aromatic carbocycles. The predicted molar refractivity (Wildman–Crippen MR) is 159 cm³/mol. The third-order valence-electron chi connectivity index (χ3n) is 7.82. The summed E-state index contributed by atoms with van der Waals surface area (Å²) in [4.78, 5) is 31.2. The fraction of sp³-hybridized carbons (Fsp3) is 0.375. The number of hydrogen-bond acceptors (Lipinski definition) is 6. The SMILES string of the molecule is COc1cccc(C(=O)Nc2ccc(N3CCN(c4ccccc4OC)CC3)c(C(=O)NC3CCCCC3)c2)c1. The van der Waals surface area contributed by atoms with Gasteiger partial charge in [-0.1, -0.05) is 37.5 Å². The first kappa shape index (κ1) is 27.4. The van der Waals surface area contributed by atoms with E-state index in [4.69, 9.17) is 9.47 Å². The van der Waals surface area contributed by atoms with E-state index in [2.05, 4.69) is 26.5 Å². The second-order valence-corrected chi connectivity index (χ2v) is 10.4. The number of rotatable bonds is 8. The quantitative estimate of drug-likeness (QED) is 0.400. The standard InChI is InChI=1S/C32H38N4O4/c1-39-26-12-8-9-23(21-26)31(37)34-25-15-16-28(27(22-25)32(38)33-24-10-4-3-5-11-24)35-17-19-36(20-18-35)29-13-6-7-14-30(29)40-2/h6-9,12-16,21-22,24H,3-5,10-11,17-20H2,1-2H3,(H,33,38)(H,34,37). The maximum atomic E-state index is 13.6. The van der Waals surface area contributed by atoms with Gasteiger partial charge in [0.2, 0.25) is 0 Å². The van der Waals surface area contributed by atoms with Gasteiger partial charge >= 0.3 is 0 Å². The summed E-state index contributed by atoms with van der Waals surface area (Å²) in [5.41, 5.74) is 3.62. The highest BCUT2D eigenvalue weighted by Crippen LogP contribution is 2.31. The van der Waals surface area contributed by atoms with Crippen LogP contribution in [0.4, 0.5) is 17.1 Å². The molecule has 1 saturated carbocycles. The van der Waals surface area contributed by atoms with E-state index in [1.807, 2.05) is 30.3 Å². The van der Waals surface area contributed by atoms with Crippen LogP contribution in [-0.2, 0) is 0 Å². The molecule has 1 heterocycles. The molecule has 8 nitrogen and oxygen atoms in total. The monoisotopic (exact) mass is 542 g/mol. The number of amides is 2. The summed E-state index contributed by atoms with van der Waals surface area (Å²) in [5.74, 6) is 1.13. The van der Waals surface area contributed by atoms with E-state index >= 15 is 0 Å². The van der Waals surface area contributed by atoms with Gasteiger partial charge in [0, 0.05) is 49.2 Å². The van der Waals surface area contributed by atoms with E-state index in [9.17, 15) is 9.59 Å². The van der Waals surface area contributed by atoms with Gasteiger partial charge in [-0.2, -0.15) is 0 Å². The summed E-state index contributed by atoms with van der Waals surface area (Å²) >= 11 is 0. The highest BCUT2D eigenvalue weighted by atomic mass is 16.5. The van der Waals surface area contributed by atoms with E-state index in [-0.39, 0.29) is 17.9 Å². The second-order valence-electron chi connectivity index (χ2n) is 10.4. The average molecular weight is 543 g/mol. The minimum Gasteiger partial charge on any atom is -0.497 e. The molecule has 2 fully saturated rings. The fourth-order valence-electron chi connectivity index (χ4n) is 5.63. The number of carbonyl (C=O) groups excluding carboxylic acids is 2. The Bertz CT molecular complexity index is 1330. The number of methoxy groups -OCH3 is 2. The van der Waals surface area contributed by atoms with Crippen LogP contribution in [-0.4, -0.2) is 58.3 Å². The molecule has 2 N–H and O–H groups in total. The molecule has 0 atom stereocenters. The maximum absolute atomic E-state index is 13.6. The molecule has 0 radical (unpaired) electrons. The van der Waals surface area contributed by atoms with Crippen molar-refractivity contribution in [3.8, 4) is 11.5 Å². The molecule has 0 unspecified atom stereocenters. The van der Waals surface area contributed by atoms with E-state index in [0.29, 0.717) is 22.6 Å². The van der Waals surface area contributed by atoms with Crippen molar-refractivity contribution in [2.45, 2.75) is 38.1 Å². The summed E-state index contributed by atoms with van der Waals surface area (Å²) < 4.78 is 10.8. The number of anilines is 3. The van der Waals surface area contributed by atoms with E-state index < -0.39 is 0 Å². The Labute approximate surface area is 236 Å². The first-order valence-electron chi connectivity index (χ1n) is 14.1. The molecule has 40 heavy (non-hydrogen) atoms. The molecule has 1 saturated heterocycles. The Balaban J connectivity index is 1.36. The summed E-state index contributed by atoms with van der Waals surface area (Å²) in [6.45, 7) is 3.13. The Hall–Kier alpha value is -4.20. The third-order valence-corrected chi connectivity index (χ3v) is 7.82. The number of hydrogen-bond donors (Lipinski definition) is 2. The zero-order chi connectivity index (χ0) is 27.9. The molecule has 1 aliphatic heterocycles. The van der Waals surface area contributed by atoms with Crippen molar-refractivity contribution in [2.75, 3.05) is 55.5 Å². The number of nitrogens with one attached hydrogen (secondary N) is 2. The summed E-state index contributed by atoms with van der Waals surface area (Å²) in [5, 5.41) is 6.23. The van der Waals surface area contributed by atoms with Gasteiger partial charge in [0.1, 0.15) is 11.5 Å². The molecule has 0 bridgehead atoms. The van der Waals surface area contributed by atoms with Gasteiger partial charge in [0.15, 0.2) is 0 Å². The fourth-order valence-corrected chi connectivity index (χ4v) is 5.63. The van der Waals surface area contributed by atoms with Crippen LogP contribution in [0.25, 0.3) is 0 Å². The minimum atomic E-state index is -0.254. The number of para-hydroxylation sites is 2. The lowest BCUT2D eigenvalue weighted by Crippen LogP contribution is -2.47. The molecule has 1 aliphatic carbocycles. The van der Waals surface area contributed by atoms with Gasteiger partial charge in [-0.05, 0) is 61.4 Å². The van der Waals surface area contributed by atoms with Crippen molar-refractivity contribution < 1.29 is 19.1 Å². The van der Waals surface area contributed by atoms with Crippen LogP contribution in [0.3, 0.4) is 0 Å².